The maximum atomic E-state index is 12.9. The maximum Gasteiger partial charge on any atom is 0.263 e. The highest BCUT2D eigenvalue weighted by Crippen LogP contribution is 2.32. The van der Waals surface area contributed by atoms with Crippen molar-refractivity contribution in [2.24, 2.45) is 11.8 Å². The first kappa shape index (κ1) is 26.3. The number of sulfonamides is 1. The van der Waals surface area contributed by atoms with Gasteiger partial charge in [-0.3, -0.25) is 9.52 Å². The number of anilines is 2. The Hall–Kier alpha value is -1.93. The van der Waals surface area contributed by atoms with Crippen LogP contribution in [0.3, 0.4) is 0 Å². The molecular weight excluding hydrogens is 564 g/mol. The predicted octanol–water partition coefficient (Wildman–Crippen LogP) is 3.92. The first-order chi connectivity index (χ1) is 14.9. The largest absolute Gasteiger partial charge is 0.474 e. The van der Waals surface area contributed by atoms with E-state index in [-0.39, 0.29) is 34.4 Å². The summed E-state index contributed by atoms with van der Waals surface area (Å²) in [4.78, 5) is 12.1. The number of carbonyl (C=O) groups is 1. The number of nitrogens with zero attached hydrogens (tertiary/aromatic N) is 1. The minimum Gasteiger partial charge on any atom is -0.474 e. The van der Waals surface area contributed by atoms with Crippen molar-refractivity contribution in [1.29, 1.82) is 5.26 Å². The predicted molar refractivity (Wildman–Crippen MR) is 135 cm³/mol. The van der Waals surface area contributed by atoms with Gasteiger partial charge in [0, 0.05) is 11.8 Å². The fourth-order valence-corrected chi connectivity index (χ4v) is 4.40. The quantitative estimate of drug-likeness (QED) is 0.231. The van der Waals surface area contributed by atoms with Crippen molar-refractivity contribution in [2.75, 3.05) is 16.6 Å². The highest BCUT2D eigenvalue weighted by atomic mass is 127. The number of hydrogen-bond acceptors (Lipinski definition) is 6. The van der Waals surface area contributed by atoms with Gasteiger partial charge in [-0.1, -0.05) is 29.2 Å². The first-order valence-electron chi connectivity index (χ1n) is 9.62. The third kappa shape index (κ3) is 7.30. The highest BCUT2D eigenvalue weighted by molar-refractivity contribution is 14.1. The lowest BCUT2D eigenvalue weighted by Gasteiger charge is -2.20. The molecule has 8 nitrogen and oxygen atoms in total. The molecule has 0 saturated carbocycles. The number of carbonyl (C=O) groups excluding carboxylic acids is 1. The van der Waals surface area contributed by atoms with Gasteiger partial charge in [0.2, 0.25) is 5.91 Å². The Labute approximate surface area is 204 Å². The maximum absolute atomic E-state index is 12.9. The van der Waals surface area contributed by atoms with E-state index in [1.807, 2.05) is 26.8 Å². The summed E-state index contributed by atoms with van der Waals surface area (Å²) in [5.74, 6) is -0.644. The topological polar surface area (TPSA) is 129 Å². The zero-order valence-corrected chi connectivity index (χ0v) is 21.9. The monoisotopic (exact) mass is 589 g/mol. The van der Waals surface area contributed by atoms with Gasteiger partial charge in [-0.05, 0) is 65.8 Å². The summed E-state index contributed by atoms with van der Waals surface area (Å²) >= 11 is 2.08. The molecule has 0 radical (unpaired) electrons. The Morgan fingerprint density at radius 3 is 2.53 bits per heavy atom. The molecule has 0 fully saturated rings. The Morgan fingerprint density at radius 1 is 1.28 bits per heavy atom. The van der Waals surface area contributed by atoms with Crippen LogP contribution in [-0.4, -0.2) is 29.4 Å². The molecule has 172 valence electrons. The molecule has 0 saturated heterocycles. The van der Waals surface area contributed by atoms with Crippen LogP contribution in [0.5, 0.6) is 5.75 Å². The van der Waals surface area contributed by atoms with Crippen LogP contribution in [0.4, 0.5) is 11.4 Å². The number of rotatable bonds is 9. The summed E-state index contributed by atoms with van der Waals surface area (Å²) in [6.45, 7) is 5.13. The number of halogens is 1. The lowest BCUT2D eigenvalue weighted by Crippen LogP contribution is -2.29. The smallest absolute Gasteiger partial charge is 0.263 e. The lowest BCUT2D eigenvalue weighted by atomic mass is 9.96. The molecule has 32 heavy (non-hydrogen) atoms. The van der Waals surface area contributed by atoms with Gasteiger partial charge in [0.1, 0.15) is 16.7 Å². The van der Waals surface area contributed by atoms with Crippen LogP contribution < -0.4 is 14.8 Å². The Balaban J connectivity index is 2.28. The molecule has 0 aliphatic rings. The fourth-order valence-electron chi connectivity index (χ4n) is 2.82. The third-order valence-corrected chi connectivity index (χ3v) is 6.18. The van der Waals surface area contributed by atoms with Crippen LogP contribution in [0.2, 0.25) is 0 Å². The number of amides is 1. The van der Waals surface area contributed by atoms with Crippen LogP contribution >= 0.6 is 31.8 Å². The summed E-state index contributed by atoms with van der Waals surface area (Å²) in [6, 6.07) is 12.3. The number of aliphatic hydroxyl groups is 1. The van der Waals surface area contributed by atoms with Crippen LogP contribution in [0.1, 0.15) is 26.3 Å². The molecule has 2 unspecified atom stereocenters. The summed E-state index contributed by atoms with van der Waals surface area (Å²) < 4.78 is 33.5. The van der Waals surface area contributed by atoms with Crippen molar-refractivity contribution in [1.82, 2.24) is 0 Å². The molecule has 2 aromatic rings. The van der Waals surface area contributed by atoms with Crippen molar-refractivity contribution >= 4 is 59.1 Å². The van der Waals surface area contributed by atoms with Gasteiger partial charge < -0.3 is 15.2 Å². The van der Waals surface area contributed by atoms with Crippen LogP contribution in [0.15, 0.2) is 47.4 Å². The van der Waals surface area contributed by atoms with E-state index in [4.69, 9.17) is 4.74 Å². The molecule has 0 bridgehead atoms. The number of ether oxygens (including phenoxy) is 1. The van der Waals surface area contributed by atoms with E-state index < -0.39 is 25.2 Å². The van der Waals surface area contributed by atoms with Crippen molar-refractivity contribution < 1.29 is 23.1 Å². The van der Waals surface area contributed by atoms with E-state index in [9.17, 15) is 23.6 Å². The van der Waals surface area contributed by atoms with E-state index in [2.05, 4.69) is 41.9 Å². The number of nitriles is 1. The van der Waals surface area contributed by atoms with Gasteiger partial charge in [-0.25, -0.2) is 8.42 Å². The zero-order chi connectivity index (χ0) is 24.1. The molecule has 2 aromatic carbocycles. The van der Waals surface area contributed by atoms with Gasteiger partial charge in [-0.2, -0.15) is 5.26 Å². The molecule has 11 heteroatoms. The average Bonchev–Trinajstić information content (AvgIpc) is 2.66. The second kappa shape index (κ2) is 10.8. The summed E-state index contributed by atoms with van der Waals surface area (Å²) in [5, 5.41) is 21.5. The van der Waals surface area contributed by atoms with Gasteiger partial charge in [0.25, 0.3) is 10.0 Å². The molecule has 0 heterocycles. The van der Waals surface area contributed by atoms with Gasteiger partial charge >= 0.3 is 0 Å². The highest BCUT2D eigenvalue weighted by Gasteiger charge is 2.23. The summed E-state index contributed by atoms with van der Waals surface area (Å²) in [6.07, 6.45) is 0. The van der Waals surface area contributed by atoms with Crippen LogP contribution in [-0.2, 0) is 14.8 Å². The van der Waals surface area contributed by atoms with Gasteiger partial charge in [0.05, 0.1) is 23.8 Å². The fraction of sp³-hybridized carbons (Fsp3) is 0.333. The van der Waals surface area contributed by atoms with Crippen LogP contribution in [0, 0.1) is 23.2 Å². The van der Waals surface area contributed by atoms with E-state index in [0.29, 0.717) is 5.75 Å². The number of benzene rings is 2. The standard InChI is InChI=1S/C21H25IN3O5PS/c1-13(2)18(12-26)20(27)24-15-7-8-19(14(9-15)11-23)32(28,29)25-16-5-4-6-17(10-16)30-21(3,22)31/h4-10,13,18,25-26H,12,31H2,1-3H3,(H,24,27)/t18-,21?/m0/s1. The molecule has 0 aromatic heterocycles. The van der Waals surface area contributed by atoms with Gasteiger partial charge in [0.15, 0.2) is 3.35 Å². The summed E-state index contributed by atoms with van der Waals surface area (Å²) in [7, 11) is -1.56. The van der Waals surface area contributed by atoms with Crippen LogP contribution in [0.25, 0.3) is 0 Å². The number of alkyl halides is 1. The Morgan fingerprint density at radius 2 is 1.97 bits per heavy atom. The van der Waals surface area contributed by atoms with Crippen molar-refractivity contribution in [3.63, 3.8) is 0 Å². The average molecular weight is 589 g/mol. The number of hydrogen-bond donors (Lipinski definition) is 3. The van der Waals surface area contributed by atoms with E-state index >= 15 is 0 Å². The number of nitrogens with one attached hydrogen (secondary N) is 2. The SMILES string of the molecule is CC(C)[C@H](CO)C(=O)Nc1ccc(S(=O)(=O)Nc2cccc(OC(C)(P)I)c2)c(C#N)c1. The summed E-state index contributed by atoms with van der Waals surface area (Å²) in [5.41, 5.74) is 0.413. The lowest BCUT2D eigenvalue weighted by molar-refractivity contribution is -0.122. The molecule has 3 N–H and O–H groups in total. The molecule has 0 aliphatic carbocycles. The molecular formula is C21H25IN3O5PS. The van der Waals surface area contributed by atoms with E-state index in [1.165, 1.54) is 18.2 Å². The minimum atomic E-state index is -4.08. The zero-order valence-electron chi connectivity index (χ0n) is 17.8. The normalized spacial score (nSPS) is 14.2. The van der Waals surface area contributed by atoms with E-state index in [0.717, 1.165) is 0 Å². The van der Waals surface area contributed by atoms with E-state index in [1.54, 1.807) is 24.3 Å². The third-order valence-electron chi connectivity index (χ3n) is 4.40. The molecule has 1 amide bonds. The Kier molecular flexibility index (Phi) is 8.88. The van der Waals surface area contributed by atoms with Crippen molar-refractivity contribution in [3.05, 3.63) is 48.0 Å². The first-order valence-corrected chi connectivity index (χ1v) is 12.8. The van der Waals surface area contributed by atoms with Crippen molar-refractivity contribution in [3.8, 4) is 11.8 Å². The van der Waals surface area contributed by atoms with Gasteiger partial charge in [-0.15, -0.1) is 0 Å². The van der Waals surface area contributed by atoms with Crippen molar-refractivity contribution in [2.45, 2.75) is 29.0 Å². The molecule has 0 aliphatic heterocycles. The Bertz CT molecular complexity index is 1130. The molecule has 3 atom stereocenters. The second-order valence-electron chi connectivity index (χ2n) is 7.57. The molecule has 0 spiro atoms. The second-order valence-corrected chi connectivity index (χ2v) is 13.6. The minimum absolute atomic E-state index is 0.0876. The molecule has 2 rings (SSSR count). The number of aliphatic hydroxyl groups excluding tert-OH is 1.